The highest BCUT2D eigenvalue weighted by Gasteiger charge is 2.32. The molecule has 0 atom stereocenters. The summed E-state index contributed by atoms with van der Waals surface area (Å²) < 4.78 is 37.8. The minimum Gasteiger partial charge on any atom is -0.480 e. The van der Waals surface area contributed by atoms with Crippen LogP contribution in [0.1, 0.15) is 15.9 Å². The van der Waals surface area contributed by atoms with E-state index in [2.05, 4.69) is 0 Å². The molecule has 1 rings (SSSR count). The molecule has 1 aromatic carbocycles. The summed E-state index contributed by atoms with van der Waals surface area (Å²) in [5.74, 6) is -2.44. The van der Waals surface area contributed by atoms with Gasteiger partial charge in [0, 0.05) is 5.56 Å². The van der Waals surface area contributed by atoms with Gasteiger partial charge in [0.25, 0.3) is 5.91 Å². The smallest absolute Gasteiger partial charge is 0.480 e. The van der Waals surface area contributed by atoms with E-state index in [9.17, 15) is 22.8 Å². The molecule has 0 radical (unpaired) electrons. The van der Waals surface area contributed by atoms with E-state index in [4.69, 9.17) is 15.2 Å². The second kappa shape index (κ2) is 5.93. The fourth-order valence-electron chi connectivity index (χ4n) is 1.35. The van der Waals surface area contributed by atoms with Crippen LogP contribution in [-0.4, -0.2) is 40.7 Å². The van der Waals surface area contributed by atoms with Gasteiger partial charge in [-0.25, -0.2) is 0 Å². The molecule has 0 saturated heterocycles. The van der Waals surface area contributed by atoms with Crippen molar-refractivity contribution in [3.8, 4) is 0 Å². The van der Waals surface area contributed by atoms with Gasteiger partial charge in [-0.3, -0.25) is 9.59 Å². The number of benzene rings is 1. The summed E-state index contributed by atoms with van der Waals surface area (Å²) in [7, 11) is -2.19. The molecule has 0 aliphatic carbocycles. The van der Waals surface area contributed by atoms with Crippen LogP contribution < -0.4 is 10.8 Å². The number of carboxylic acids is 1. The lowest BCUT2D eigenvalue weighted by Gasteiger charge is -2.11. The van der Waals surface area contributed by atoms with Crippen molar-refractivity contribution in [2.75, 3.05) is 6.54 Å². The number of nitrogens with one attached hydrogen (secondary N) is 1. The lowest BCUT2D eigenvalue weighted by Crippen LogP contribution is -2.34. The molecule has 0 unspecified atom stereocenters. The highest BCUT2D eigenvalue weighted by atomic mass is 19.4. The van der Waals surface area contributed by atoms with Crippen LogP contribution in [0.5, 0.6) is 0 Å². The van der Waals surface area contributed by atoms with Gasteiger partial charge in [0.1, 0.15) is 6.54 Å². The van der Waals surface area contributed by atoms with Crippen LogP contribution in [0.3, 0.4) is 0 Å². The first-order valence-electron chi connectivity index (χ1n) is 5.19. The Morgan fingerprint density at radius 3 is 2.25 bits per heavy atom. The van der Waals surface area contributed by atoms with E-state index in [1.807, 2.05) is 5.32 Å². The van der Waals surface area contributed by atoms with E-state index in [0.717, 1.165) is 6.07 Å². The number of hydrogen-bond donors (Lipinski definition) is 4. The normalized spacial score (nSPS) is 11.1. The second-order valence-electron chi connectivity index (χ2n) is 3.79. The number of carbonyl (C=O) groups is 2. The molecule has 0 aliphatic heterocycles. The molecule has 20 heavy (non-hydrogen) atoms. The predicted octanol–water partition coefficient (Wildman–Crippen LogP) is -0.800. The fraction of sp³-hybridized carbons (Fsp3) is 0.200. The van der Waals surface area contributed by atoms with Gasteiger partial charge in [-0.2, -0.15) is 13.2 Å². The van der Waals surface area contributed by atoms with Gasteiger partial charge < -0.3 is 20.5 Å². The third kappa shape index (κ3) is 4.25. The molecule has 0 aromatic heterocycles. The molecule has 0 saturated carbocycles. The van der Waals surface area contributed by atoms with E-state index in [-0.39, 0.29) is 0 Å². The average molecular weight is 291 g/mol. The maximum absolute atomic E-state index is 12.6. The molecule has 0 aliphatic rings. The molecule has 6 nitrogen and oxygen atoms in total. The number of hydrogen-bond acceptors (Lipinski definition) is 4. The van der Waals surface area contributed by atoms with Crippen LogP contribution in [0.15, 0.2) is 18.2 Å². The van der Waals surface area contributed by atoms with Gasteiger partial charge in [-0.1, -0.05) is 6.07 Å². The maximum Gasteiger partial charge on any atom is 0.488 e. The zero-order valence-electron chi connectivity index (χ0n) is 9.81. The van der Waals surface area contributed by atoms with Crippen molar-refractivity contribution in [2.24, 2.45) is 0 Å². The van der Waals surface area contributed by atoms with Gasteiger partial charge >= 0.3 is 19.3 Å². The van der Waals surface area contributed by atoms with Crippen LogP contribution in [0.25, 0.3) is 0 Å². The van der Waals surface area contributed by atoms with Crippen molar-refractivity contribution in [3.63, 3.8) is 0 Å². The quantitative estimate of drug-likeness (QED) is 0.543. The first-order chi connectivity index (χ1) is 9.11. The largest absolute Gasteiger partial charge is 0.488 e. The maximum atomic E-state index is 12.6. The Bertz CT molecular complexity index is 532. The van der Waals surface area contributed by atoms with E-state index in [1.54, 1.807) is 0 Å². The molecular formula is C10H9BF3NO5. The average Bonchev–Trinajstić information content (AvgIpc) is 2.34. The van der Waals surface area contributed by atoms with Crippen molar-refractivity contribution < 1.29 is 37.9 Å². The molecule has 0 bridgehead atoms. The Hall–Kier alpha value is -2.07. The summed E-state index contributed by atoms with van der Waals surface area (Å²) in [6, 6.07) is 1.80. The van der Waals surface area contributed by atoms with Crippen LogP contribution in [-0.2, 0) is 11.0 Å². The molecule has 10 heteroatoms. The highest BCUT2D eigenvalue weighted by Crippen LogP contribution is 2.29. The summed E-state index contributed by atoms with van der Waals surface area (Å²) in [4.78, 5) is 21.8. The lowest BCUT2D eigenvalue weighted by molar-refractivity contribution is -0.138. The van der Waals surface area contributed by atoms with E-state index in [1.165, 1.54) is 0 Å². The molecule has 0 spiro atoms. The fourth-order valence-corrected chi connectivity index (χ4v) is 1.35. The second-order valence-corrected chi connectivity index (χ2v) is 3.79. The molecule has 0 fully saturated rings. The van der Waals surface area contributed by atoms with Gasteiger partial charge in [0.05, 0.1) is 5.56 Å². The summed E-state index contributed by atoms with van der Waals surface area (Å²) in [6.45, 7) is -0.772. The minimum atomic E-state index is -4.78. The summed E-state index contributed by atoms with van der Waals surface area (Å²) in [5.41, 5.74) is -2.30. The van der Waals surface area contributed by atoms with Crippen molar-refractivity contribution in [2.45, 2.75) is 6.18 Å². The molecular weight excluding hydrogens is 282 g/mol. The Labute approximate surface area is 111 Å². The first-order valence-corrected chi connectivity index (χ1v) is 5.19. The number of rotatable bonds is 4. The predicted molar refractivity (Wildman–Crippen MR) is 61.2 cm³/mol. The Balaban J connectivity index is 3.15. The van der Waals surface area contributed by atoms with E-state index >= 15 is 0 Å². The lowest BCUT2D eigenvalue weighted by atomic mass is 9.78. The van der Waals surface area contributed by atoms with E-state index < -0.39 is 48.3 Å². The van der Waals surface area contributed by atoms with Crippen LogP contribution in [0, 0.1) is 0 Å². The Morgan fingerprint density at radius 1 is 1.20 bits per heavy atom. The third-order valence-electron chi connectivity index (χ3n) is 2.24. The standard InChI is InChI=1S/C10H9BF3NO5/c12-10(13,14)6-1-5(2-7(3-6)11(19)20)9(18)15-4-8(16)17/h1-3,19-20H,4H2,(H,15,18)(H,16,17). The van der Waals surface area contributed by atoms with Crippen LogP contribution in [0.4, 0.5) is 13.2 Å². The number of amides is 1. The third-order valence-corrected chi connectivity index (χ3v) is 2.24. The number of alkyl halides is 3. The first kappa shape index (κ1) is 16.0. The van der Waals surface area contributed by atoms with Gasteiger partial charge in [0.2, 0.25) is 0 Å². The van der Waals surface area contributed by atoms with Gasteiger partial charge in [-0.15, -0.1) is 0 Å². The van der Waals surface area contributed by atoms with Crippen molar-refractivity contribution in [1.29, 1.82) is 0 Å². The van der Waals surface area contributed by atoms with Crippen LogP contribution in [0.2, 0.25) is 0 Å². The molecule has 108 valence electrons. The van der Waals surface area contributed by atoms with Crippen molar-refractivity contribution in [3.05, 3.63) is 29.3 Å². The minimum absolute atomic E-state index is 0.485. The molecule has 0 heterocycles. The summed E-state index contributed by atoms with van der Waals surface area (Å²) in [5, 5.41) is 28.0. The summed E-state index contributed by atoms with van der Waals surface area (Å²) >= 11 is 0. The number of carbonyl (C=O) groups excluding carboxylic acids is 1. The topological polar surface area (TPSA) is 107 Å². The Morgan fingerprint density at radius 2 is 1.80 bits per heavy atom. The van der Waals surface area contributed by atoms with Gasteiger partial charge in [-0.05, 0) is 17.6 Å². The van der Waals surface area contributed by atoms with E-state index in [0.29, 0.717) is 12.1 Å². The Kier molecular flexibility index (Phi) is 4.74. The number of halogens is 3. The SMILES string of the molecule is O=C(O)CNC(=O)c1cc(B(O)O)cc(C(F)(F)F)c1. The monoisotopic (exact) mass is 291 g/mol. The summed E-state index contributed by atoms with van der Waals surface area (Å²) in [6.07, 6.45) is -4.78. The van der Waals surface area contributed by atoms with Crippen molar-refractivity contribution in [1.82, 2.24) is 5.32 Å². The zero-order chi connectivity index (χ0) is 15.5. The molecule has 1 aromatic rings. The molecule has 1 amide bonds. The van der Waals surface area contributed by atoms with Gasteiger partial charge in [0.15, 0.2) is 0 Å². The zero-order valence-corrected chi connectivity index (χ0v) is 9.81. The number of aliphatic carboxylic acids is 1. The highest BCUT2D eigenvalue weighted by molar-refractivity contribution is 6.58. The number of carboxylic acid groups (broad SMARTS) is 1. The molecule has 4 N–H and O–H groups in total. The van der Waals surface area contributed by atoms with Crippen molar-refractivity contribution >= 4 is 24.5 Å². The van der Waals surface area contributed by atoms with Crippen LogP contribution >= 0.6 is 0 Å².